The summed E-state index contributed by atoms with van der Waals surface area (Å²) in [6.45, 7) is 2.53. The average Bonchev–Trinajstić information content (AvgIpc) is 3.15. The van der Waals surface area contributed by atoms with Crippen LogP contribution >= 0.6 is 15.9 Å². The second kappa shape index (κ2) is 6.27. The van der Waals surface area contributed by atoms with Gasteiger partial charge in [-0.15, -0.1) is 0 Å². The number of amides is 1. The van der Waals surface area contributed by atoms with Crippen molar-refractivity contribution in [1.29, 1.82) is 0 Å². The van der Waals surface area contributed by atoms with E-state index in [0.29, 0.717) is 18.4 Å². The lowest BCUT2D eigenvalue weighted by molar-refractivity contribution is -0.131. The van der Waals surface area contributed by atoms with Gasteiger partial charge in [-0.3, -0.25) is 4.79 Å². The number of carbonyl (C=O) groups is 1. The maximum absolute atomic E-state index is 12.6. The molecule has 0 unspecified atom stereocenters. The van der Waals surface area contributed by atoms with Crippen molar-refractivity contribution >= 4 is 21.8 Å². The number of ether oxygens (including phenoxy) is 1. The summed E-state index contributed by atoms with van der Waals surface area (Å²) in [7, 11) is 0. The molecule has 1 saturated carbocycles. The molecule has 1 saturated heterocycles. The fraction of sp³-hybridized carbons (Fsp3) is 0.562. The van der Waals surface area contributed by atoms with Crippen LogP contribution in [-0.4, -0.2) is 36.6 Å². The number of benzene rings is 1. The van der Waals surface area contributed by atoms with Crippen LogP contribution in [0.5, 0.6) is 0 Å². The molecule has 2 aliphatic rings. The Morgan fingerprint density at radius 3 is 2.75 bits per heavy atom. The Kier molecular flexibility index (Phi) is 4.41. The molecule has 0 N–H and O–H groups in total. The molecule has 1 atom stereocenters. The summed E-state index contributed by atoms with van der Waals surface area (Å²) >= 11 is 3.52. The van der Waals surface area contributed by atoms with E-state index in [2.05, 4.69) is 20.8 Å². The Bertz CT molecular complexity index is 481. The van der Waals surface area contributed by atoms with Gasteiger partial charge in [-0.1, -0.05) is 34.1 Å². The normalized spacial score (nSPS) is 21.9. The zero-order valence-corrected chi connectivity index (χ0v) is 13.1. The van der Waals surface area contributed by atoms with Gasteiger partial charge in [0, 0.05) is 29.6 Å². The van der Waals surface area contributed by atoms with Crippen LogP contribution in [0.4, 0.5) is 0 Å². The van der Waals surface area contributed by atoms with Crippen LogP contribution in [0.2, 0.25) is 0 Å². The van der Waals surface area contributed by atoms with E-state index < -0.39 is 0 Å². The molecule has 108 valence electrons. The van der Waals surface area contributed by atoms with Crippen LogP contribution in [0.1, 0.15) is 24.8 Å². The minimum absolute atomic E-state index is 0.256. The minimum Gasteiger partial charge on any atom is -0.381 e. The smallest absolute Gasteiger partial charge is 0.227 e. The molecule has 0 spiro atoms. The molecule has 1 amide bonds. The predicted octanol–water partition coefficient (Wildman–Crippen LogP) is 3.02. The highest BCUT2D eigenvalue weighted by molar-refractivity contribution is 9.10. The summed E-state index contributed by atoms with van der Waals surface area (Å²) in [6.07, 6.45) is 3.90. The molecule has 0 radical (unpaired) electrons. The first-order valence-electron chi connectivity index (χ1n) is 7.34. The van der Waals surface area contributed by atoms with Gasteiger partial charge in [-0.05, 0) is 30.9 Å². The van der Waals surface area contributed by atoms with E-state index in [1.807, 2.05) is 24.3 Å². The summed E-state index contributed by atoms with van der Waals surface area (Å²) in [6, 6.07) is 8.46. The van der Waals surface area contributed by atoms with Gasteiger partial charge < -0.3 is 9.64 Å². The van der Waals surface area contributed by atoms with Crippen molar-refractivity contribution in [3.63, 3.8) is 0 Å². The topological polar surface area (TPSA) is 29.5 Å². The van der Waals surface area contributed by atoms with Gasteiger partial charge in [0.1, 0.15) is 0 Å². The largest absolute Gasteiger partial charge is 0.381 e. The van der Waals surface area contributed by atoms with E-state index in [1.165, 1.54) is 0 Å². The molecular formula is C16H20BrNO2. The van der Waals surface area contributed by atoms with E-state index in [9.17, 15) is 4.79 Å². The molecule has 0 bridgehead atoms. The van der Waals surface area contributed by atoms with Gasteiger partial charge >= 0.3 is 0 Å². The molecule has 1 aromatic carbocycles. The van der Waals surface area contributed by atoms with Crippen LogP contribution in [0.15, 0.2) is 28.7 Å². The molecule has 3 nitrogen and oxygen atoms in total. The van der Waals surface area contributed by atoms with Crippen LogP contribution in [0, 0.1) is 5.92 Å². The van der Waals surface area contributed by atoms with E-state index in [0.717, 1.165) is 49.1 Å². The Labute approximate surface area is 128 Å². The van der Waals surface area contributed by atoms with Gasteiger partial charge in [0.15, 0.2) is 0 Å². The van der Waals surface area contributed by atoms with Crippen LogP contribution < -0.4 is 0 Å². The molecule has 2 fully saturated rings. The standard InChI is InChI=1S/C16H20BrNO2/c17-15-4-2-1-3-13(15)9-16(19)18(14-5-6-14)10-12-7-8-20-11-12/h1-4,12,14H,5-11H2/t12-/m1/s1. The quantitative estimate of drug-likeness (QED) is 0.826. The summed E-state index contributed by atoms with van der Waals surface area (Å²) < 4.78 is 6.45. The summed E-state index contributed by atoms with van der Waals surface area (Å²) in [5, 5.41) is 0. The molecule has 1 aliphatic heterocycles. The van der Waals surface area contributed by atoms with E-state index in [1.54, 1.807) is 0 Å². The minimum atomic E-state index is 0.256. The number of carbonyl (C=O) groups excluding carboxylic acids is 1. The number of nitrogens with zero attached hydrogens (tertiary/aromatic N) is 1. The second-order valence-electron chi connectivity index (χ2n) is 5.78. The summed E-state index contributed by atoms with van der Waals surface area (Å²) in [5.74, 6) is 0.782. The molecule has 1 heterocycles. The van der Waals surface area contributed by atoms with Gasteiger partial charge in [0.25, 0.3) is 0 Å². The second-order valence-corrected chi connectivity index (χ2v) is 6.63. The van der Waals surface area contributed by atoms with Crippen LogP contribution in [0.25, 0.3) is 0 Å². The van der Waals surface area contributed by atoms with Gasteiger partial charge in [0.05, 0.1) is 13.0 Å². The van der Waals surface area contributed by atoms with Crippen molar-refractivity contribution < 1.29 is 9.53 Å². The Balaban J connectivity index is 1.64. The predicted molar refractivity (Wildman–Crippen MR) is 81.5 cm³/mol. The Morgan fingerprint density at radius 1 is 1.30 bits per heavy atom. The third kappa shape index (κ3) is 3.41. The highest BCUT2D eigenvalue weighted by Crippen LogP contribution is 2.30. The molecule has 3 rings (SSSR count). The number of hydrogen-bond acceptors (Lipinski definition) is 2. The number of rotatable bonds is 5. The number of halogens is 1. The zero-order chi connectivity index (χ0) is 13.9. The highest BCUT2D eigenvalue weighted by Gasteiger charge is 2.34. The number of hydrogen-bond donors (Lipinski definition) is 0. The van der Waals surface area contributed by atoms with Crippen molar-refractivity contribution in [2.75, 3.05) is 19.8 Å². The fourth-order valence-corrected chi connectivity index (χ4v) is 3.18. The van der Waals surface area contributed by atoms with Crippen molar-refractivity contribution in [3.8, 4) is 0 Å². The maximum Gasteiger partial charge on any atom is 0.227 e. The van der Waals surface area contributed by atoms with Gasteiger partial charge in [0.2, 0.25) is 5.91 Å². The first-order chi connectivity index (χ1) is 9.74. The summed E-state index contributed by atoms with van der Waals surface area (Å²) in [4.78, 5) is 14.7. The SMILES string of the molecule is O=C(Cc1ccccc1Br)N(C[C@H]1CCOC1)C1CC1. The lowest BCUT2D eigenvalue weighted by Crippen LogP contribution is -2.38. The highest BCUT2D eigenvalue weighted by atomic mass is 79.9. The maximum atomic E-state index is 12.6. The summed E-state index contributed by atoms with van der Waals surface area (Å²) in [5.41, 5.74) is 1.07. The molecule has 20 heavy (non-hydrogen) atoms. The van der Waals surface area contributed by atoms with E-state index >= 15 is 0 Å². The van der Waals surface area contributed by atoms with Gasteiger partial charge in [-0.25, -0.2) is 0 Å². The van der Waals surface area contributed by atoms with Crippen molar-refractivity contribution in [3.05, 3.63) is 34.3 Å². The molecule has 1 aromatic rings. The van der Waals surface area contributed by atoms with Gasteiger partial charge in [-0.2, -0.15) is 0 Å². The van der Waals surface area contributed by atoms with E-state index in [-0.39, 0.29) is 5.91 Å². The van der Waals surface area contributed by atoms with E-state index in [4.69, 9.17) is 4.74 Å². The van der Waals surface area contributed by atoms with Crippen molar-refractivity contribution in [2.24, 2.45) is 5.92 Å². The third-order valence-electron chi connectivity index (χ3n) is 4.09. The van der Waals surface area contributed by atoms with Crippen molar-refractivity contribution in [2.45, 2.75) is 31.7 Å². The lowest BCUT2D eigenvalue weighted by atomic mass is 10.1. The molecular weight excluding hydrogens is 318 g/mol. The Morgan fingerprint density at radius 2 is 2.10 bits per heavy atom. The lowest BCUT2D eigenvalue weighted by Gasteiger charge is -2.25. The first kappa shape index (κ1) is 14.1. The fourth-order valence-electron chi connectivity index (χ4n) is 2.75. The third-order valence-corrected chi connectivity index (χ3v) is 4.86. The first-order valence-corrected chi connectivity index (χ1v) is 8.14. The zero-order valence-electron chi connectivity index (χ0n) is 11.6. The molecule has 4 heteroatoms. The van der Waals surface area contributed by atoms with Crippen LogP contribution in [-0.2, 0) is 16.0 Å². The van der Waals surface area contributed by atoms with Crippen LogP contribution in [0.3, 0.4) is 0 Å². The average molecular weight is 338 g/mol. The van der Waals surface area contributed by atoms with Crippen molar-refractivity contribution in [1.82, 2.24) is 4.90 Å². The Hall–Kier alpha value is -0.870. The molecule has 1 aliphatic carbocycles. The molecule has 0 aromatic heterocycles. The monoisotopic (exact) mass is 337 g/mol.